The molecule has 1 N–H and O–H groups in total. The Hall–Kier alpha value is -1.60. The van der Waals surface area contributed by atoms with Gasteiger partial charge in [0.05, 0.1) is 18.9 Å². The molecule has 2 fully saturated rings. The molecule has 1 saturated carbocycles. The second-order valence-electron chi connectivity index (χ2n) is 6.44. The van der Waals surface area contributed by atoms with E-state index in [0.29, 0.717) is 24.9 Å². The van der Waals surface area contributed by atoms with E-state index in [-0.39, 0.29) is 18.6 Å². The Labute approximate surface area is 136 Å². The summed E-state index contributed by atoms with van der Waals surface area (Å²) in [5.41, 5.74) is 0. The van der Waals surface area contributed by atoms with Crippen LogP contribution in [0.25, 0.3) is 0 Å². The van der Waals surface area contributed by atoms with E-state index >= 15 is 0 Å². The van der Waals surface area contributed by atoms with Crippen molar-refractivity contribution in [3.8, 4) is 5.75 Å². The predicted octanol–water partition coefficient (Wildman–Crippen LogP) is 0.852. The van der Waals surface area contributed by atoms with Gasteiger partial charge in [-0.25, -0.2) is 13.1 Å². The van der Waals surface area contributed by atoms with Crippen LogP contribution in [0.4, 0.5) is 0 Å². The molecule has 0 spiro atoms. The Morgan fingerprint density at radius 2 is 1.83 bits per heavy atom. The van der Waals surface area contributed by atoms with Gasteiger partial charge in [0.25, 0.3) is 0 Å². The SMILES string of the molecule is CS(=O)(=O)NCC(=O)N1C[C@H]2CC(Oc3ccccc3)C[C@H]2C1. The lowest BCUT2D eigenvalue weighted by molar-refractivity contribution is -0.129. The highest BCUT2D eigenvalue weighted by Crippen LogP contribution is 2.39. The molecule has 1 unspecified atom stereocenters. The molecule has 1 amide bonds. The summed E-state index contributed by atoms with van der Waals surface area (Å²) >= 11 is 0. The molecule has 1 saturated heterocycles. The third-order valence-electron chi connectivity index (χ3n) is 4.59. The molecule has 23 heavy (non-hydrogen) atoms. The largest absolute Gasteiger partial charge is 0.490 e. The molecule has 1 aliphatic heterocycles. The number of hydrogen-bond donors (Lipinski definition) is 1. The Morgan fingerprint density at radius 3 is 2.39 bits per heavy atom. The lowest BCUT2D eigenvalue weighted by atomic mass is 10.0. The molecule has 1 aliphatic carbocycles. The molecule has 3 atom stereocenters. The van der Waals surface area contributed by atoms with Crippen LogP contribution in [-0.2, 0) is 14.8 Å². The average molecular weight is 338 g/mol. The smallest absolute Gasteiger partial charge is 0.237 e. The van der Waals surface area contributed by atoms with E-state index in [9.17, 15) is 13.2 Å². The van der Waals surface area contributed by atoms with Crippen molar-refractivity contribution in [2.75, 3.05) is 25.9 Å². The molecule has 1 aromatic rings. The molecule has 7 heteroatoms. The van der Waals surface area contributed by atoms with E-state index in [4.69, 9.17) is 4.74 Å². The number of nitrogens with one attached hydrogen (secondary N) is 1. The highest BCUT2D eigenvalue weighted by Gasteiger charge is 2.43. The summed E-state index contributed by atoms with van der Waals surface area (Å²) in [7, 11) is -3.33. The van der Waals surface area contributed by atoms with Crippen LogP contribution in [0.15, 0.2) is 30.3 Å². The first-order chi connectivity index (χ1) is 10.9. The Balaban J connectivity index is 1.48. The highest BCUT2D eigenvalue weighted by molar-refractivity contribution is 7.88. The second-order valence-corrected chi connectivity index (χ2v) is 8.27. The molecule has 1 heterocycles. The zero-order valence-corrected chi connectivity index (χ0v) is 14.0. The number of hydrogen-bond acceptors (Lipinski definition) is 4. The topological polar surface area (TPSA) is 75.7 Å². The van der Waals surface area contributed by atoms with Crippen molar-refractivity contribution in [1.82, 2.24) is 9.62 Å². The van der Waals surface area contributed by atoms with Crippen LogP contribution in [0.3, 0.4) is 0 Å². The van der Waals surface area contributed by atoms with Gasteiger partial charge in [-0.3, -0.25) is 4.79 Å². The first-order valence-electron chi connectivity index (χ1n) is 7.85. The van der Waals surface area contributed by atoms with Crippen molar-refractivity contribution in [3.63, 3.8) is 0 Å². The van der Waals surface area contributed by atoms with Crippen molar-refractivity contribution < 1.29 is 17.9 Å². The highest BCUT2D eigenvalue weighted by atomic mass is 32.2. The Bertz CT molecular complexity index is 648. The standard InChI is InChI=1S/C16H22N2O4S/c1-23(20,21)17-9-16(19)18-10-12-7-15(8-13(12)11-18)22-14-5-3-2-4-6-14/h2-6,12-13,15,17H,7-11H2,1H3/t12-,13+,15?. The number of sulfonamides is 1. The predicted molar refractivity (Wildman–Crippen MR) is 86.5 cm³/mol. The molecular weight excluding hydrogens is 316 g/mol. The monoisotopic (exact) mass is 338 g/mol. The van der Waals surface area contributed by atoms with E-state index in [1.165, 1.54) is 0 Å². The summed E-state index contributed by atoms with van der Waals surface area (Å²) in [5, 5.41) is 0. The number of carbonyl (C=O) groups is 1. The molecule has 126 valence electrons. The van der Waals surface area contributed by atoms with E-state index in [1.807, 2.05) is 30.3 Å². The molecule has 0 bridgehead atoms. The van der Waals surface area contributed by atoms with Gasteiger partial charge in [0, 0.05) is 13.1 Å². The number of rotatable bonds is 5. The molecule has 6 nitrogen and oxygen atoms in total. The summed E-state index contributed by atoms with van der Waals surface area (Å²) in [6.45, 7) is 1.25. The van der Waals surface area contributed by atoms with Crippen LogP contribution in [0.5, 0.6) is 5.75 Å². The van der Waals surface area contributed by atoms with Crippen molar-refractivity contribution in [3.05, 3.63) is 30.3 Å². The van der Waals surface area contributed by atoms with Gasteiger partial charge < -0.3 is 9.64 Å². The van der Waals surface area contributed by atoms with E-state index in [1.54, 1.807) is 4.90 Å². The fourth-order valence-corrected chi connectivity index (χ4v) is 3.93. The number of para-hydroxylation sites is 1. The Kier molecular flexibility index (Phi) is 4.59. The van der Waals surface area contributed by atoms with Crippen LogP contribution in [0.2, 0.25) is 0 Å². The molecule has 3 rings (SSSR count). The summed E-state index contributed by atoms with van der Waals surface area (Å²) in [4.78, 5) is 13.8. The van der Waals surface area contributed by atoms with Crippen molar-refractivity contribution >= 4 is 15.9 Å². The lowest BCUT2D eigenvalue weighted by Crippen LogP contribution is -2.39. The lowest BCUT2D eigenvalue weighted by Gasteiger charge is -2.20. The van der Waals surface area contributed by atoms with Crippen molar-refractivity contribution in [2.24, 2.45) is 11.8 Å². The van der Waals surface area contributed by atoms with E-state index in [0.717, 1.165) is 24.8 Å². The van der Waals surface area contributed by atoms with Crippen LogP contribution >= 0.6 is 0 Å². The fourth-order valence-electron chi connectivity index (χ4n) is 3.54. The van der Waals surface area contributed by atoms with E-state index < -0.39 is 10.0 Å². The number of carbonyl (C=O) groups excluding carboxylic acids is 1. The zero-order chi connectivity index (χ0) is 16.4. The summed E-state index contributed by atoms with van der Waals surface area (Å²) in [5.74, 6) is 1.64. The number of benzene rings is 1. The van der Waals surface area contributed by atoms with Gasteiger partial charge in [-0.1, -0.05) is 18.2 Å². The number of nitrogens with zero attached hydrogens (tertiary/aromatic N) is 1. The maximum Gasteiger partial charge on any atom is 0.237 e. The van der Waals surface area contributed by atoms with E-state index in [2.05, 4.69) is 4.72 Å². The maximum absolute atomic E-state index is 12.1. The fraction of sp³-hybridized carbons (Fsp3) is 0.562. The maximum atomic E-state index is 12.1. The normalized spacial score (nSPS) is 27.0. The molecule has 0 radical (unpaired) electrons. The minimum absolute atomic E-state index is 0.148. The first-order valence-corrected chi connectivity index (χ1v) is 9.74. The Morgan fingerprint density at radius 1 is 1.22 bits per heavy atom. The average Bonchev–Trinajstić information content (AvgIpc) is 3.03. The van der Waals surface area contributed by atoms with Crippen LogP contribution in [0, 0.1) is 11.8 Å². The summed E-state index contributed by atoms with van der Waals surface area (Å²) in [6, 6.07) is 9.80. The van der Waals surface area contributed by atoms with Crippen LogP contribution in [0.1, 0.15) is 12.8 Å². The minimum atomic E-state index is -3.33. The first kappa shape index (κ1) is 16.3. The van der Waals surface area contributed by atoms with Gasteiger partial charge >= 0.3 is 0 Å². The van der Waals surface area contributed by atoms with Gasteiger partial charge in [0.1, 0.15) is 5.75 Å². The van der Waals surface area contributed by atoms with Gasteiger partial charge in [0.2, 0.25) is 15.9 Å². The zero-order valence-electron chi connectivity index (χ0n) is 13.1. The van der Waals surface area contributed by atoms with Gasteiger partial charge in [-0.15, -0.1) is 0 Å². The third-order valence-corrected chi connectivity index (χ3v) is 5.26. The molecule has 0 aromatic heterocycles. The molecule has 2 aliphatic rings. The summed E-state index contributed by atoms with van der Waals surface area (Å²) < 4.78 is 30.4. The molecule has 1 aromatic carbocycles. The number of likely N-dealkylation sites (tertiary alicyclic amines) is 1. The van der Waals surface area contributed by atoms with Gasteiger partial charge in [0.15, 0.2) is 0 Å². The van der Waals surface area contributed by atoms with Crippen LogP contribution in [-0.4, -0.2) is 51.2 Å². The number of fused-ring (bicyclic) bond motifs is 1. The van der Waals surface area contributed by atoms with Gasteiger partial charge in [-0.05, 0) is 36.8 Å². The number of amides is 1. The van der Waals surface area contributed by atoms with Crippen molar-refractivity contribution in [2.45, 2.75) is 18.9 Å². The second kappa shape index (κ2) is 6.49. The number of ether oxygens (including phenoxy) is 1. The minimum Gasteiger partial charge on any atom is -0.490 e. The van der Waals surface area contributed by atoms with Gasteiger partial charge in [-0.2, -0.15) is 0 Å². The quantitative estimate of drug-likeness (QED) is 0.864. The third kappa shape index (κ3) is 4.23. The van der Waals surface area contributed by atoms with Crippen molar-refractivity contribution in [1.29, 1.82) is 0 Å². The molecular formula is C16H22N2O4S. The summed E-state index contributed by atoms with van der Waals surface area (Å²) in [6.07, 6.45) is 3.16. The van der Waals surface area contributed by atoms with Crippen LogP contribution < -0.4 is 9.46 Å².